The highest BCUT2D eigenvalue weighted by molar-refractivity contribution is 5.91. The van der Waals surface area contributed by atoms with E-state index in [0.717, 1.165) is 11.1 Å². The normalized spacial score (nSPS) is 16.9. The van der Waals surface area contributed by atoms with Crippen LogP contribution in [0.4, 0.5) is 15.3 Å². The standard InChI is InChI=1S/C27H36N2O6/c1-7-34-27(31)29-19(4)13-22(21-14-24(32-5)25(33-6)15-23(21)29)28(26(30)35-17-18(2)3)16-20-11-9-8-10-12-20/h8-12,14-15,18-19,22H,7,13,16-17H2,1-6H3/t19-,22+/m1/s1. The maximum Gasteiger partial charge on any atom is 0.414 e. The van der Waals surface area contributed by atoms with Gasteiger partial charge in [0.05, 0.1) is 39.2 Å². The lowest BCUT2D eigenvalue weighted by atomic mass is 9.90. The first-order valence-electron chi connectivity index (χ1n) is 12.0. The van der Waals surface area contributed by atoms with E-state index in [1.54, 1.807) is 37.0 Å². The van der Waals surface area contributed by atoms with Crippen molar-refractivity contribution in [3.05, 3.63) is 53.6 Å². The number of hydrogen-bond acceptors (Lipinski definition) is 6. The van der Waals surface area contributed by atoms with Crippen LogP contribution in [0.3, 0.4) is 0 Å². The molecule has 1 aliphatic heterocycles. The van der Waals surface area contributed by atoms with Gasteiger partial charge in [0.2, 0.25) is 0 Å². The fraction of sp³-hybridized carbons (Fsp3) is 0.481. The summed E-state index contributed by atoms with van der Waals surface area (Å²) in [4.78, 5) is 29.7. The highest BCUT2D eigenvalue weighted by Crippen LogP contribution is 2.46. The average Bonchev–Trinajstić information content (AvgIpc) is 2.85. The van der Waals surface area contributed by atoms with Gasteiger partial charge in [0.25, 0.3) is 0 Å². The van der Waals surface area contributed by atoms with E-state index in [0.29, 0.717) is 36.8 Å². The molecule has 0 aromatic heterocycles. The number of hydrogen-bond donors (Lipinski definition) is 0. The highest BCUT2D eigenvalue weighted by Gasteiger charge is 2.40. The van der Waals surface area contributed by atoms with Crippen LogP contribution in [-0.4, -0.2) is 50.6 Å². The summed E-state index contributed by atoms with van der Waals surface area (Å²) in [5.41, 5.74) is 2.38. The van der Waals surface area contributed by atoms with Crippen molar-refractivity contribution < 1.29 is 28.5 Å². The molecule has 0 saturated carbocycles. The van der Waals surface area contributed by atoms with Crippen LogP contribution in [0, 0.1) is 5.92 Å². The smallest absolute Gasteiger partial charge is 0.414 e. The van der Waals surface area contributed by atoms with Crippen molar-refractivity contribution in [2.45, 2.75) is 52.7 Å². The second kappa shape index (κ2) is 11.8. The van der Waals surface area contributed by atoms with Crippen molar-refractivity contribution in [3.63, 3.8) is 0 Å². The number of anilines is 1. The molecule has 0 aliphatic carbocycles. The topological polar surface area (TPSA) is 77.5 Å². The first-order chi connectivity index (χ1) is 16.8. The zero-order valence-electron chi connectivity index (χ0n) is 21.4. The van der Waals surface area contributed by atoms with E-state index in [-0.39, 0.29) is 24.6 Å². The van der Waals surface area contributed by atoms with E-state index in [1.807, 2.05) is 57.2 Å². The van der Waals surface area contributed by atoms with Gasteiger partial charge in [-0.15, -0.1) is 0 Å². The lowest BCUT2D eigenvalue weighted by Crippen LogP contribution is -2.47. The molecular formula is C27H36N2O6. The second-order valence-electron chi connectivity index (χ2n) is 9.02. The number of carbonyl (C=O) groups excluding carboxylic acids is 2. The lowest BCUT2D eigenvalue weighted by Gasteiger charge is -2.42. The van der Waals surface area contributed by atoms with E-state index in [2.05, 4.69) is 0 Å². The number of benzene rings is 2. The maximum absolute atomic E-state index is 13.4. The largest absolute Gasteiger partial charge is 0.493 e. The molecule has 0 fully saturated rings. The molecule has 8 heteroatoms. The van der Waals surface area contributed by atoms with Crippen LogP contribution in [0.25, 0.3) is 0 Å². The van der Waals surface area contributed by atoms with Crippen molar-refractivity contribution in [3.8, 4) is 11.5 Å². The molecule has 35 heavy (non-hydrogen) atoms. The van der Waals surface area contributed by atoms with Crippen molar-refractivity contribution in [2.24, 2.45) is 5.92 Å². The van der Waals surface area contributed by atoms with Crippen LogP contribution < -0.4 is 14.4 Å². The van der Waals surface area contributed by atoms with Gasteiger partial charge in [-0.05, 0) is 37.8 Å². The number of ether oxygens (including phenoxy) is 4. The molecule has 1 heterocycles. The number of methoxy groups -OCH3 is 2. The summed E-state index contributed by atoms with van der Waals surface area (Å²) >= 11 is 0. The first kappa shape index (κ1) is 26.2. The van der Waals surface area contributed by atoms with Crippen LogP contribution in [0.1, 0.15) is 51.3 Å². The monoisotopic (exact) mass is 484 g/mol. The van der Waals surface area contributed by atoms with Gasteiger partial charge < -0.3 is 18.9 Å². The van der Waals surface area contributed by atoms with Crippen molar-refractivity contribution in [1.82, 2.24) is 4.90 Å². The van der Waals surface area contributed by atoms with Gasteiger partial charge in [-0.2, -0.15) is 0 Å². The number of nitrogens with zero attached hydrogens (tertiary/aromatic N) is 2. The van der Waals surface area contributed by atoms with Gasteiger partial charge >= 0.3 is 12.2 Å². The second-order valence-corrected chi connectivity index (χ2v) is 9.02. The molecule has 2 atom stereocenters. The summed E-state index contributed by atoms with van der Waals surface area (Å²) in [6, 6.07) is 12.8. The average molecular weight is 485 g/mol. The van der Waals surface area contributed by atoms with Crippen LogP contribution in [-0.2, 0) is 16.0 Å². The molecule has 3 rings (SSSR count). The Bertz CT molecular complexity index is 1010. The number of fused-ring (bicyclic) bond motifs is 1. The van der Waals surface area contributed by atoms with Crippen molar-refractivity contribution in [1.29, 1.82) is 0 Å². The van der Waals surface area contributed by atoms with E-state index in [9.17, 15) is 9.59 Å². The van der Waals surface area contributed by atoms with E-state index < -0.39 is 12.2 Å². The Morgan fingerprint density at radius 2 is 1.71 bits per heavy atom. The molecule has 8 nitrogen and oxygen atoms in total. The maximum atomic E-state index is 13.4. The van der Waals surface area contributed by atoms with Gasteiger partial charge in [0, 0.05) is 24.2 Å². The van der Waals surface area contributed by atoms with Crippen LogP contribution in [0.5, 0.6) is 11.5 Å². The van der Waals surface area contributed by atoms with Crippen LogP contribution in [0.2, 0.25) is 0 Å². The summed E-state index contributed by atoms with van der Waals surface area (Å²) in [6.45, 7) is 8.67. The van der Waals surface area contributed by atoms with Crippen LogP contribution >= 0.6 is 0 Å². The molecule has 1 aliphatic rings. The molecule has 0 unspecified atom stereocenters. The van der Waals surface area contributed by atoms with E-state index in [1.165, 1.54) is 0 Å². The molecule has 190 valence electrons. The Kier molecular flexibility index (Phi) is 8.84. The minimum atomic E-state index is -0.441. The molecule has 0 N–H and O–H groups in total. The number of rotatable bonds is 8. The quantitative estimate of drug-likeness (QED) is 0.472. The van der Waals surface area contributed by atoms with E-state index >= 15 is 0 Å². The fourth-order valence-electron chi connectivity index (χ4n) is 4.32. The summed E-state index contributed by atoms with van der Waals surface area (Å²) in [5.74, 6) is 1.22. The zero-order valence-corrected chi connectivity index (χ0v) is 21.4. The Balaban J connectivity index is 2.12. The minimum Gasteiger partial charge on any atom is -0.493 e. The van der Waals surface area contributed by atoms with Crippen LogP contribution in [0.15, 0.2) is 42.5 Å². The predicted molar refractivity (Wildman–Crippen MR) is 134 cm³/mol. The third-order valence-corrected chi connectivity index (χ3v) is 5.97. The Labute approximate surface area is 207 Å². The molecule has 0 bridgehead atoms. The Hall–Kier alpha value is -3.42. The summed E-state index contributed by atoms with van der Waals surface area (Å²) < 4.78 is 22.1. The zero-order chi connectivity index (χ0) is 25.5. The minimum absolute atomic E-state index is 0.207. The lowest BCUT2D eigenvalue weighted by molar-refractivity contribution is 0.0690. The van der Waals surface area contributed by atoms with Gasteiger partial charge in [0.15, 0.2) is 11.5 Å². The van der Waals surface area contributed by atoms with E-state index in [4.69, 9.17) is 18.9 Å². The van der Waals surface area contributed by atoms with Gasteiger partial charge in [-0.1, -0.05) is 44.2 Å². The summed E-state index contributed by atoms with van der Waals surface area (Å²) in [6.07, 6.45) is -0.334. The van der Waals surface area contributed by atoms with Gasteiger partial charge in [-0.3, -0.25) is 9.80 Å². The molecule has 0 spiro atoms. The Morgan fingerprint density at radius 3 is 2.31 bits per heavy atom. The van der Waals surface area contributed by atoms with Gasteiger partial charge in [-0.25, -0.2) is 9.59 Å². The molecule has 2 amide bonds. The molecular weight excluding hydrogens is 448 g/mol. The van der Waals surface area contributed by atoms with Crippen molar-refractivity contribution in [2.75, 3.05) is 32.3 Å². The molecule has 0 radical (unpaired) electrons. The third kappa shape index (κ3) is 5.99. The first-order valence-corrected chi connectivity index (χ1v) is 12.0. The molecule has 2 aromatic carbocycles. The SMILES string of the molecule is CCOC(=O)N1c2cc(OC)c(OC)cc2[C@@H](N(Cc2ccccc2)C(=O)OCC(C)C)C[C@H]1C. The summed E-state index contributed by atoms with van der Waals surface area (Å²) in [7, 11) is 3.11. The molecule has 0 saturated heterocycles. The van der Waals surface area contributed by atoms with Crippen molar-refractivity contribution >= 4 is 17.9 Å². The predicted octanol–water partition coefficient (Wildman–Crippen LogP) is 5.79. The number of amides is 2. The fourth-order valence-corrected chi connectivity index (χ4v) is 4.32. The number of carbonyl (C=O) groups is 2. The Morgan fingerprint density at radius 1 is 1.06 bits per heavy atom. The van der Waals surface area contributed by atoms with Gasteiger partial charge in [0.1, 0.15) is 0 Å². The third-order valence-electron chi connectivity index (χ3n) is 5.97. The summed E-state index contributed by atoms with van der Waals surface area (Å²) in [5, 5.41) is 0. The highest BCUT2D eigenvalue weighted by atomic mass is 16.6. The molecule has 2 aromatic rings.